The van der Waals surface area contributed by atoms with E-state index in [-0.39, 0.29) is 18.4 Å². The number of carbonyl (C=O) groups excluding carboxylic acids is 1. The molecule has 1 aliphatic rings. The van der Waals surface area contributed by atoms with Crippen molar-refractivity contribution in [3.8, 4) is 11.1 Å². The zero-order valence-corrected chi connectivity index (χ0v) is 17.7. The molecule has 0 saturated carbocycles. The second-order valence-electron chi connectivity index (χ2n) is 7.51. The average molecular weight is 433 g/mol. The standard InChI is InChI=1S/C24H23N3O5/c1-14-11-21(26-23(29)30)25-20(13-28)19(14)12-27(24(31)32-2)22-17-9-5-3-7-15(17)16-8-4-6-10-18(16)22/h3-11,22,28H,12-13H2,1-2H3,(H,25,26)(H,29,30). The molecule has 2 aromatic carbocycles. The number of nitrogens with zero attached hydrogens (tertiary/aromatic N) is 2. The van der Waals surface area contributed by atoms with E-state index in [1.807, 2.05) is 48.5 Å². The summed E-state index contributed by atoms with van der Waals surface area (Å²) in [5, 5.41) is 21.1. The largest absolute Gasteiger partial charge is 0.465 e. The summed E-state index contributed by atoms with van der Waals surface area (Å²) in [6.45, 7) is 1.51. The summed E-state index contributed by atoms with van der Waals surface area (Å²) in [7, 11) is 1.33. The highest BCUT2D eigenvalue weighted by Gasteiger charge is 2.36. The molecule has 32 heavy (non-hydrogen) atoms. The Morgan fingerprint density at radius 3 is 2.22 bits per heavy atom. The Morgan fingerprint density at radius 2 is 1.69 bits per heavy atom. The molecule has 8 heteroatoms. The summed E-state index contributed by atoms with van der Waals surface area (Å²) >= 11 is 0. The van der Waals surface area contributed by atoms with Gasteiger partial charge in [-0.3, -0.25) is 10.2 Å². The predicted octanol–water partition coefficient (Wildman–Crippen LogP) is 4.31. The third-order valence-corrected chi connectivity index (χ3v) is 5.67. The molecule has 3 N–H and O–H groups in total. The zero-order chi connectivity index (χ0) is 22.8. The maximum Gasteiger partial charge on any atom is 0.410 e. The van der Waals surface area contributed by atoms with Crippen LogP contribution in [0.5, 0.6) is 0 Å². The van der Waals surface area contributed by atoms with Crippen molar-refractivity contribution in [2.24, 2.45) is 0 Å². The Morgan fingerprint density at radius 1 is 1.09 bits per heavy atom. The SMILES string of the molecule is COC(=O)N(Cc1c(C)cc(NC(=O)O)nc1CO)C1c2ccccc2-c2ccccc21. The Kier molecular flexibility index (Phi) is 5.79. The van der Waals surface area contributed by atoms with Crippen molar-refractivity contribution in [1.29, 1.82) is 0 Å². The van der Waals surface area contributed by atoms with E-state index in [0.717, 1.165) is 22.3 Å². The van der Waals surface area contributed by atoms with E-state index in [9.17, 15) is 14.7 Å². The van der Waals surface area contributed by atoms with Crippen molar-refractivity contribution in [1.82, 2.24) is 9.88 Å². The molecule has 0 aliphatic heterocycles. The van der Waals surface area contributed by atoms with Gasteiger partial charge < -0.3 is 14.9 Å². The van der Waals surface area contributed by atoms with Crippen LogP contribution in [0.25, 0.3) is 11.1 Å². The number of aliphatic hydroxyl groups excluding tert-OH is 1. The van der Waals surface area contributed by atoms with Crippen LogP contribution in [0.15, 0.2) is 54.6 Å². The molecule has 4 rings (SSSR count). The summed E-state index contributed by atoms with van der Waals surface area (Å²) in [6, 6.07) is 17.0. The number of anilines is 1. The highest BCUT2D eigenvalue weighted by molar-refractivity contribution is 5.82. The number of carbonyl (C=O) groups is 2. The summed E-state index contributed by atoms with van der Waals surface area (Å²) in [6.07, 6.45) is -1.76. The second-order valence-corrected chi connectivity index (χ2v) is 7.51. The molecular weight excluding hydrogens is 410 g/mol. The number of amides is 2. The first-order chi connectivity index (χ1) is 15.4. The van der Waals surface area contributed by atoms with Crippen LogP contribution >= 0.6 is 0 Å². The second kappa shape index (κ2) is 8.68. The van der Waals surface area contributed by atoms with Crippen LogP contribution in [-0.2, 0) is 17.9 Å². The van der Waals surface area contributed by atoms with E-state index in [1.54, 1.807) is 17.9 Å². The lowest BCUT2D eigenvalue weighted by Crippen LogP contribution is -2.35. The number of fused-ring (bicyclic) bond motifs is 3. The molecule has 0 atom stereocenters. The van der Waals surface area contributed by atoms with Crippen LogP contribution < -0.4 is 5.32 Å². The number of aromatic nitrogens is 1. The minimum atomic E-state index is -1.25. The highest BCUT2D eigenvalue weighted by Crippen LogP contribution is 2.47. The number of aliphatic hydroxyl groups is 1. The fourth-order valence-electron chi connectivity index (χ4n) is 4.30. The maximum absolute atomic E-state index is 13.0. The molecule has 3 aromatic rings. The van der Waals surface area contributed by atoms with Crippen molar-refractivity contribution < 1.29 is 24.5 Å². The van der Waals surface area contributed by atoms with E-state index < -0.39 is 18.8 Å². The van der Waals surface area contributed by atoms with Gasteiger partial charge in [0.25, 0.3) is 0 Å². The molecular formula is C24H23N3O5. The van der Waals surface area contributed by atoms with Crippen LogP contribution in [0, 0.1) is 6.92 Å². The smallest absolute Gasteiger partial charge is 0.410 e. The number of pyridine rings is 1. The molecule has 0 fully saturated rings. The molecule has 0 bridgehead atoms. The number of hydrogen-bond acceptors (Lipinski definition) is 5. The topological polar surface area (TPSA) is 112 Å². The number of ether oxygens (including phenoxy) is 1. The first-order valence-corrected chi connectivity index (χ1v) is 10.1. The Balaban J connectivity index is 1.81. The molecule has 0 unspecified atom stereocenters. The van der Waals surface area contributed by atoms with Crippen molar-refractivity contribution in [3.63, 3.8) is 0 Å². The zero-order valence-electron chi connectivity index (χ0n) is 17.7. The van der Waals surface area contributed by atoms with Gasteiger partial charge in [0.2, 0.25) is 0 Å². The van der Waals surface area contributed by atoms with E-state index in [1.165, 1.54) is 7.11 Å². The van der Waals surface area contributed by atoms with Gasteiger partial charge in [0.05, 0.1) is 32.0 Å². The first-order valence-electron chi connectivity index (χ1n) is 10.1. The monoisotopic (exact) mass is 433 g/mol. The fraction of sp³-hybridized carbons (Fsp3) is 0.208. The van der Waals surface area contributed by atoms with Gasteiger partial charge >= 0.3 is 12.2 Å². The molecule has 164 valence electrons. The van der Waals surface area contributed by atoms with E-state index in [0.29, 0.717) is 16.8 Å². The molecule has 0 spiro atoms. The number of benzene rings is 2. The van der Waals surface area contributed by atoms with Crippen molar-refractivity contribution >= 4 is 18.0 Å². The van der Waals surface area contributed by atoms with Gasteiger partial charge in [-0.1, -0.05) is 48.5 Å². The number of nitrogens with one attached hydrogen (secondary N) is 1. The Labute approximate surface area is 185 Å². The quantitative estimate of drug-likeness (QED) is 0.553. The predicted molar refractivity (Wildman–Crippen MR) is 118 cm³/mol. The molecule has 0 radical (unpaired) electrons. The van der Waals surface area contributed by atoms with E-state index in [2.05, 4.69) is 10.3 Å². The third-order valence-electron chi connectivity index (χ3n) is 5.67. The lowest BCUT2D eigenvalue weighted by atomic mass is 10.0. The third kappa shape index (κ3) is 3.76. The van der Waals surface area contributed by atoms with Gasteiger partial charge in [-0.15, -0.1) is 0 Å². The molecule has 1 aromatic heterocycles. The van der Waals surface area contributed by atoms with Gasteiger partial charge in [-0.25, -0.2) is 14.6 Å². The number of rotatable bonds is 5. The number of hydrogen-bond donors (Lipinski definition) is 3. The summed E-state index contributed by atoms with van der Waals surface area (Å²) in [5.74, 6) is 0.115. The normalized spacial score (nSPS) is 12.1. The van der Waals surface area contributed by atoms with Crippen molar-refractivity contribution in [3.05, 3.63) is 82.5 Å². The molecule has 1 aliphatic carbocycles. The molecule has 0 saturated heterocycles. The minimum Gasteiger partial charge on any atom is -0.465 e. The van der Waals surface area contributed by atoms with Crippen LogP contribution in [0.2, 0.25) is 0 Å². The van der Waals surface area contributed by atoms with Crippen LogP contribution in [-0.4, -0.2) is 39.4 Å². The summed E-state index contributed by atoms with van der Waals surface area (Å²) < 4.78 is 5.13. The Bertz CT molecular complexity index is 1150. The van der Waals surface area contributed by atoms with E-state index in [4.69, 9.17) is 9.84 Å². The van der Waals surface area contributed by atoms with Gasteiger partial charge in [0, 0.05) is 0 Å². The van der Waals surface area contributed by atoms with Crippen molar-refractivity contribution in [2.45, 2.75) is 26.1 Å². The van der Waals surface area contributed by atoms with Crippen LogP contribution in [0.3, 0.4) is 0 Å². The molecule has 8 nitrogen and oxygen atoms in total. The lowest BCUT2D eigenvalue weighted by molar-refractivity contribution is 0.108. The Hall–Kier alpha value is -3.91. The fourth-order valence-corrected chi connectivity index (χ4v) is 4.30. The number of carboxylic acid groups (broad SMARTS) is 1. The van der Waals surface area contributed by atoms with Crippen LogP contribution in [0.1, 0.15) is 34.0 Å². The minimum absolute atomic E-state index is 0.115. The number of aryl methyl sites for hydroxylation is 1. The molecule has 1 heterocycles. The van der Waals surface area contributed by atoms with Crippen molar-refractivity contribution in [2.75, 3.05) is 12.4 Å². The van der Waals surface area contributed by atoms with Crippen LogP contribution in [0.4, 0.5) is 15.4 Å². The first kappa shape index (κ1) is 21.3. The van der Waals surface area contributed by atoms with Gasteiger partial charge in [0.15, 0.2) is 0 Å². The number of methoxy groups -OCH3 is 1. The average Bonchev–Trinajstić information content (AvgIpc) is 3.11. The van der Waals surface area contributed by atoms with Gasteiger partial charge in [-0.05, 0) is 46.4 Å². The lowest BCUT2D eigenvalue weighted by Gasteiger charge is -2.30. The van der Waals surface area contributed by atoms with Gasteiger partial charge in [0.1, 0.15) is 5.82 Å². The summed E-state index contributed by atoms with van der Waals surface area (Å²) in [4.78, 5) is 29.8. The maximum atomic E-state index is 13.0. The van der Waals surface area contributed by atoms with Gasteiger partial charge in [-0.2, -0.15) is 0 Å². The summed E-state index contributed by atoms with van der Waals surface area (Å²) in [5.41, 5.74) is 5.71. The highest BCUT2D eigenvalue weighted by atomic mass is 16.5. The molecule has 2 amide bonds. The van der Waals surface area contributed by atoms with E-state index >= 15 is 0 Å².